The van der Waals surface area contributed by atoms with E-state index < -0.39 is 18.2 Å². The molecule has 2 N–H and O–H groups in total. The van der Waals surface area contributed by atoms with E-state index in [2.05, 4.69) is 0 Å². The number of amides is 2. The fraction of sp³-hybridized carbons (Fsp3) is 0.429. The molecule has 1 saturated heterocycles. The van der Waals surface area contributed by atoms with Crippen molar-refractivity contribution in [3.05, 3.63) is 30.1 Å². The molecule has 2 amide bonds. The second-order valence-electron chi connectivity index (χ2n) is 4.95. The Morgan fingerprint density at radius 3 is 2.45 bits per heavy atom. The molecule has 0 aromatic heterocycles. The summed E-state index contributed by atoms with van der Waals surface area (Å²) < 4.78 is 18.2. The first kappa shape index (κ1) is 15.9. The largest absolute Gasteiger partial charge is 0.494 e. The van der Waals surface area contributed by atoms with Crippen LogP contribution in [0.1, 0.15) is 6.42 Å². The average Bonchev–Trinajstić information content (AvgIpc) is 2.49. The fourth-order valence-electron chi connectivity index (χ4n) is 2.37. The summed E-state index contributed by atoms with van der Waals surface area (Å²) in [5.74, 6) is 0.114. The topological polar surface area (TPSA) is 90.3 Å². The molecule has 0 unspecified atom stereocenters. The van der Waals surface area contributed by atoms with E-state index in [1.165, 1.54) is 34.1 Å². The minimum atomic E-state index is -1.07. The van der Waals surface area contributed by atoms with Crippen LogP contribution in [-0.2, 0) is 0 Å². The van der Waals surface area contributed by atoms with E-state index in [0.29, 0.717) is 12.2 Å². The summed E-state index contributed by atoms with van der Waals surface area (Å²) in [6.07, 6.45) is -1.78. The van der Waals surface area contributed by atoms with E-state index in [1.54, 1.807) is 0 Å². The maximum absolute atomic E-state index is 12.8. The van der Waals surface area contributed by atoms with Gasteiger partial charge < -0.3 is 24.7 Å². The third-order valence-corrected chi connectivity index (χ3v) is 3.53. The smallest absolute Gasteiger partial charge is 0.407 e. The Kier molecular flexibility index (Phi) is 5.03. The second kappa shape index (κ2) is 6.97. The van der Waals surface area contributed by atoms with Crippen LogP contribution in [0.25, 0.3) is 0 Å². The number of ether oxygens (including phenoxy) is 1. The number of halogens is 1. The number of piperazine rings is 1. The third kappa shape index (κ3) is 4.00. The molecule has 1 aliphatic rings. The molecule has 1 aromatic carbocycles. The summed E-state index contributed by atoms with van der Waals surface area (Å²) in [6.45, 7) is 0.641. The molecule has 1 atom stereocenters. The maximum Gasteiger partial charge on any atom is 0.407 e. The van der Waals surface area contributed by atoms with Crippen LogP contribution in [0.5, 0.6) is 5.75 Å². The van der Waals surface area contributed by atoms with Gasteiger partial charge in [-0.1, -0.05) is 0 Å². The van der Waals surface area contributed by atoms with Crippen LogP contribution in [0.15, 0.2) is 24.3 Å². The molecule has 1 aliphatic heterocycles. The van der Waals surface area contributed by atoms with Crippen molar-refractivity contribution in [1.82, 2.24) is 9.80 Å². The Morgan fingerprint density at radius 1 is 1.18 bits per heavy atom. The van der Waals surface area contributed by atoms with Gasteiger partial charge in [0.05, 0.1) is 12.6 Å². The van der Waals surface area contributed by atoms with E-state index >= 15 is 0 Å². The summed E-state index contributed by atoms with van der Waals surface area (Å²) in [5, 5.41) is 18.2. The summed E-state index contributed by atoms with van der Waals surface area (Å²) in [4.78, 5) is 24.6. The van der Waals surface area contributed by atoms with E-state index in [1.807, 2.05) is 0 Å². The summed E-state index contributed by atoms with van der Waals surface area (Å²) in [5.41, 5.74) is 0. The zero-order chi connectivity index (χ0) is 16.1. The van der Waals surface area contributed by atoms with E-state index in [-0.39, 0.29) is 32.1 Å². The Labute approximate surface area is 126 Å². The van der Waals surface area contributed by atoms with Crippen molar-refractivity contribution in [3.63, 3.8) is 0 Å². The van der Waals surface area contributed by atoms with Crippen molar-refractivity contribution in [2.24, 2.45) is 0 Å². The molecule has 0 aliphatic carbocycles. The predicted molar refractivity (Wildman–Crippen MR) is 74.6 cm³/mol. The average molecular weight is 312 g/mol. The van der Waals surface area contributed by atoms with Crippen molar-refractivity contribution in [2.45, 2.75) is 12.5 Å². The molecule has 0 saturated carbocycles. The van der Waals surface area contributed by atoms with Crippen molar-refractivity contribution < 1.29 is 28.9 Å². The van der Waals surface area contributed by atoms with Gasteiger partial charge in [0.15, 0.2) is 0 Å². The third-order valence-electron chi connectivity index (χ3n) is 3.53. The number of rotatable bonds is 4. The summed E-state index contributed by atoms with van der Waals surface area (Å²) in [6, 6.07) is 5.05. The van der Waals surface area contributed by atoms with Gasteiger partial charge >= 0.3 is 12.2 Å². The standard InChI is InChI=1S/C14H17FN2O5/c15-10-1-3-12(4-2-10)22-8-5-11-9-16(13(18)19)6-7-17(11)14(20)21/h1-4,11H,5-9H2,(H,18,19)(H,20,21)/t11-/m1/s1. The molecule has 1 heterocycles. The van der Waals surface area contributed by atoms with Crippen molar-refractivity contribution >= 4 is 12.2 Å². The van der Waals surface area contributed by atoms with Crippen LogP contribution in [0.4, 0.5) is 14.0 Å². The quantitative estimate of drug-likeness (QED) is 0.886. The number of hydrogen-bond acceptors (Lipinski definition) is 3. The fourth-order valence-corrected chi connectivity index (χ4v) is 2.37. The van der Waals surface area contributed by atoms with Gasteiger partial charge in [0, 0.05) is 26.1 Å². The molecule has 0 spiro atoms. The molecule has 22 heavy (non-hydrogen) atoms. The lowest BCUT2D eigenvalue weighted by Crippen LogP contribution is -2.56. The minimum Gasteiger partial charge on any atom is -0.494 e. The van der Waals surface area contributed by atoms with E-state index in [0.717, 1.165) is 0 Å². The minimum absolute atomic E-state index is 0.119. The molecule has 8 heteroatoms. The molecule has 1 aromatic rings. The molecule has 2 rings (SSSR count). The Hall–Kier alpha value is -2.51. The summed E-state index contributed by atoms with van der Waals surface area (Å²) >= 11 is 0. The molecular weight excluding hydrogens is 295 g/mol. The molecule has 0 bridgehead atoms. The van der Waals surface area contributed by atoms with Gasteiger partial charge in [0.25, 0.3) is 0 Å². The number of hydrogen-bond donors (Lipinski definition) is 2. The van der Waals surface area contributed by atoms with Crippen LogP contribution in [0, 0.1) is 5.82 Å². The van der Waals surface area contributed by atoms with Crippen LogP contribution < -0.4 is 4.74 Å². The predicted octanol–water partition coefficient (Wildman–Crippen LogP) is 1.94. The van der Waals surface area contributed by atoms with Gasteiger partial charge in [-0.3, -0.25) is 0 Å². The highest BCUT2D eigenvalue weighted by molar-refractivity contribution is 5.68. The lowest BCUT2D eigenvalue weighted by atomic mass is 10.1. The first-order valence-corrected chi connectivity index (χ1v) is 6.83. The van der Waals surface area contributed by atoms with Gasteiger partial charge in [0.1, 0.15) is 11.6 Å². The van der Waals surface area contributed by atoms with Gasteiger partial charge in [-0.05, 0) is 24.3 Å². The van der Waals surface area contributed by atoms with Crippen LogP contribution in [0.3, 0.4) is 0 Å². The van der Waals surface area contributed by atoms with Gasteiger partial charge in [-0.15, -0.1) is 0 Å². The highest BCUT2D eigenvalue weighted by Crippen LogP contribution is 2.16. The van der Waals surface area contributed by atoms with Crippen LogP contribution in [-0.4, -0.2) is 64.5 Å². The molecule has 7 nitrogen and oxygen atoms in total. The zero-order valence-electron chi connectivity index (χ0n) is 11.8. The zero-order valence-corrected chi connectivity index (χ0v) is 11.8. The molecule has 120 valence electrons. The van der Waals surface area contributed by atoms with Crippen molar-refractivity contribution in [2.75, 3.05) is 26.2 Å². The first-order valence-electron chi connectivity index (χ1n) is 6.83. The Bertz CT molecular complexity index is 537. The SMILES string of the molecule is O=C(O)N1CCN(C(=O)O)[C@H](CCOc2ccc(F)cc2)C1. The lowest BCUT2D eigenvalue weighted by Gasteiger charge is -2.38. The number of nitrogens with zero attached hydrogens (tertiary/aromatic N) is 2. The van der Waals surface area contributed by atoms with Crippen LogP contribution >= 0.6 is 0 Å². The van der Waals surface area contributed by atoms with Crippen LogP contribution in [0.2, 0.25) is 0 Å². The second-order valence-corrected chi connectivity index (χ2v) is 4.95. The van der Waals surface area contributed by atoms with Crippen molar-refractivity contribution in [3.8, 4) is 5.75 Å². The maximum atomic E-state index is 12.8. The molecule has 1 fully saturated rings. The van der Waals surface area contributed by atoms with E-state index in [9.17, 15) is 14.0 Å². The molecular formula is C14H17FN2O5. The van der Waals surface area contributed by atoms with Crippen molar-refractivity contribution in [1.29, 1.82) is 0 Å². The first-order chi connectivity index (χ1) is 10.5. The highest BCUT2D eigenvalue weighted by Gasteiger charge is 2.32. The Balaban J connectivity index is 1.90. The summed E-state index contributed by atoms with van der Waals surface area (Å²) in [7, 11) is 0. The van der Waals surface area contributed by atoms with Gasteiger partial charge in [0.2, 0.25) is 0 Å². The Morgan fingerprint density at radius 2 is 1.86 bits per heavy atom. The number of benzene rings is 1. The molecule has 0 radical (unpaired) electrons. The number of carboxylic acid groups (broad SMARTS) is 2. The normalized spacial score (nSPS) is 18.1. The van der Waals surface area contributed by atoms with Gasteiger partial charge in [-0.25, -0.2) is 14.0 Å². The highest BCUT2D eigenvalue weighted by atomic mass is 19.1. The van der Waals surface area contributed by atoms with Gasteiger partial charge in [-0.2, -0.15) is 0 Å². The van der Waals surface area contributed by atoms with E-state index in [4.69, 9.17) is 14.9 Å². The lowest BCUT2D eigenvalue weighted by molar-refractivity contribution is 0.0562. The monoisotopic (exact) mass is 312 g/mol. The number of carbonyl (C=O) groups is 2.